The van der Waals surface area contributed by atoms with Crippen LogP contribution in [0.3, 0.4) is 0 Å². The summed E-state index contributed by atoms with van der Waals surface area (Å²) >= 11 is 0. The van der Waals surface area contributed by atoms with E-state index in [1.54, 1.807) is 0 Å². The van der Waals surface area contributed by atoms with Gasteiger partial charge in [0.25, 0.3) is 0 Å². The second kappa shape index (κ2) is 6.69. The third-order valence-electron chi connectivity index (χ3n) is 3.84. The van der Waals surface area contributed by atoms with E-state index < -0.39 is 0 Å². The van der Waals surface area contributed by atoms with Crippen LogP contribution in [0.25, 0.3) is 0 Å². The molecule has 98 valence electrons. The molecule has 1 fully saturated rings. The zero-order valence-corrected chi connectivity index (χ0v) is 11.2. The Kier molecular flexibility index (Phi) is 4.94. The Hall–Kier alpha value is -1.15. The van der Waals surface area contributed by atoms with Crippen LogP contribution >= 0.6 is 0 Å². The molecule has 2 nitrogen and oxygen atoms in total. The molecule has 1 unspecified atom stereocenters. The zero-order chi connectivity index (χ0) is 12.8. The molecule has 1 aliphatic heterocycles. The molecule has 1 aromatic carbocycles. The van der Waals surface area contributed by atoms with Crippen LogP contribution in [-0.4, -0.2) is 18.9 Å². The van der Waals surface area contributed by atoms with Gasteiger partial charge >= 0.3 is 0 Å². The zero-order valence-electron chi connectivity index (χ0n) is 11.2. The van der Waals surface area contributed by atoms with E-state index in [9.17, 15) is 4.79 Å². The summed E-state index contributed by atoms with van der Waals surface area (Å²) in [4.78, 5) is 12.1. The topological polar surface area (TPSA) is 29.1 Å². The number of hydrogen-bond acceptors (Lipinski definition) is 2. The highest BCUT2D eigenvalue weighted by Crippen LogP contribution is 2.15. The molecule has 0 amide bonds. The summed E-state index contributed by atoms with van der Waals surface area (Å²) in [5, 5.41) is 3.31. The van der Waals surface area contributed by atoms with Gasteiger partial charge in [-0.15, -0.1) is 0 Å². The largest absolute Gasteiger partial charge is 0.316 e. The van der Waals surface area contributed by atoms with Gasteiger partial charge in [0.1, 0.15) is 5.78 Å². The Morgan fingerprint density at radius 3 is 2.61 bits per heavy atom. The Morgan fingerprint density at radius 2 is 2.00 bits per heavy atom. The van der Waals surface area contributed by atoms with Crippen molar-refractivity contribution in [2.75, 3.05) is 13.1 Å². The first kappa shape index (κ1) is 13.3. The van der Waals surface area contributed by atoms with E-state index in [0.29, 0.717) is 12.2 Å². The van der Waals surface area contributed by atoms with Crippen molar-refractivity contribution < 1.29 is 4.79 Å². The Balaban J connectivity index is 1.80. The first-order valence-corrected chi connectivity index (χ1v) is 7.11. The molecule has 0 aliphatic carbocycles. The van der Waals surface area contributed by atoms with Crippen LogP contribution in [0.5, 0.6) is 0 Å². The van der Waals surface area contributed by atoms with Crippen molar-refractivity contribution in [1.29, 1.82) is 0 Å². The molecule has 1 N–H and O–H groups in total. The molecule has 0 radical (unpaired) electrons. The van der Waals surface area contributed by atoms with Gasteiger partial charge in [-0.05, 0) is 43.4 Å². The SMILES string of the molecule is CCc1ccc(CCC(=O)C2CCCNC2)cc1. The van der Waals surface area contributed by atoms with E-state index in [1.165, 1.54) is 11.1 Å². The maximum absolute atomic E-state index is 12.1. The van der Waals surface area contributed by atoms with Crippen molar-refractivity contribution in [3.63, 3.8) is 0 Å². The smallest absolute Gasteiger partial charge is 0.137 e. The molecule has 0 bridgehead atoms. The van der Waals surface area contributed by atoms with Gasteiger partial charge < -0.3 is 5.32 Å². The fraction of sp³-hybridized carbons (Fsp3) is 0.562. The lowest BCUT2D eigenvalue weighted by molar-refractivity contribution is -0.123. The summed E-state index contributed by atoms with van der Waals surface area (Å²) in [5.74, 6) is 0.690. The number of carbonyl (C=O) groups excluding carboxylic acids is 1. The number of carbonyl (C=O) groups is 1. The molecular formula is C16H23NO. The highest BCUT2D eigenvalue weighted by atomic mass is 16.1. The third-order valence-corrected chi connectivity index (χ3v) is 3.84. The van der Waals surface area contributed by atoms with Crippen LogP contribution in [-0.2, 0) is 17.6 Å². The standard InChI is InChI=1S/C16H23NO/c1-2-13-5-7-14(8-6-13)9-10-16(18)15-4-3-11-17-12-15/h5-8,15,17H,2-4,9-12H2,1H3. The monoisotopic (exact) mass is 245 g/mol. The molecule has 1 heterocycles. The number of nitrogens with one attached hydrogen (secondary N) is 1. The quantitative estimate of drug-likeness (QED) is 0.864. The Bertz CT molecular complexity index is 377. The molecule has 1 aliphatic rings. The molecule has 0 aromatic heterocycles. The number of aryl methyl sites for hydroxylation is 2. The Labute approximate surface area is 110 Å². The van der Waals surface area contributed by atoms with Crippen LogP contribution in [0.4, 0.5) is 0 Å². The van der Waals surface area contributed by atoms with Gasteiger partial charge in [0.2, 0.25) is 0 Å². The van der Waals surface area contributed by atoms with Gasteiger partial charge in [0, 0.05) is 18.9 Å². The number of ketones is 1. The molecule has 2 rings (SSSR count). The predicted octanol–water partition coefficient (Wildman–Crippen LogP) is 2.75. The lowest BCUT2D eigenvalue weighted by atomic mass is 9.91. The lowest BCUT2D eigenvalue weighted by Gasteiger charge is -2.21. The molecule has 1 atom stereocenters. The molecule has 2 heteroatoms. The van der Waals surface area contributed by atoms with Crippen LogP contribution in [0.15, 0.2) is 24.3 Å². The van der Waals surface area contributed by atoms with Crippen LogP contribution in [0.1, 0.15) is 37.3 Å². The van der Waals surface area contributed by atoms with Gasteiger partial charge in [-0.1, -0.05) is 31.2 Å². The molecule has 18 heavy (non-hydrogen) atoms. The maximum Gasteiger partial charge on any atom is 0.137 e. The van der Waals surface area contributed by atoms with E-state index in [1.807, 2.05) is 0 Å². The molecule has 0 spiro atoms. The van der Waals surface area contributed by atoms with Crippen LogP contribution < -0.4 is 5.32 Å². The number of piperidine rings is 1. The van der Waals surface area contributed by atoms with Gasteiger partial charge in [0.15, 0.2) is 0 Å². The first-order valence-electron chi connectivity index (χ1n) is 7.11. The fourth-order valence-electron chi connectivity index (χ4n) is 2.54. The lowest BCUT2D eigenvalue weighted by Crippen LogP contribution is -2.34. The van der Waals surface area contributed by atoms with Gasteiger partial charge in [-0.2, -0.15) is 0 Å². The fourth-order valence-corrected chi connectivity index (χ4v) is 2.54. The minimum atomic E-state index is 0.258. The number of benzene rings is 1. The predicted molar refractivity (Wildman–Crippen MR) is 74.7 cm³/mol. The van der Waals surface area contributed by atoms with Crippen molar-refractivity contribution in [3.05, 3.63) is 35.4 Å². The molecular weight excluding hydrogens is 222 g/mol. The van der Waals surface area contributed by atoms with Crippen molar-refractivity contribution in [3.8, 4) is 0 Å². The minimum absolute atomic E-state index is 0.258. The number of rotatable bonds is 5. The summed E-state index contributed by atoms with van der Waals surface area (Å²) in [7, 11) is 0. The summed E-state index contributed by atoms with van der Waals surface area (Å²) in [5.41, 5.74) is 2.64. The molecule has 0 saturated carbocycles. The van der Waals surface area contributed by atoms with Crippen molar-refractivity contribution >= 4 is 5.78 Å². The van der Waals surface area contributed by atoms with E-state index in [0.717, 1.165) is 38.8 Å². The second-order valence-electron chi connectivity index (χ2n) is 5.18. The van der Waals surface area contributed by atoms with Gasteiger partial charge in [0.05, 0.1) is 0 Å². The number of hydrogen-bond donors (Lipinski definition) is 1. The van der Waals surface area contributed by atoms with Crippen LogP contribution in [0.2, 0.25) is 0 Å². The second-order valence-corrected chi connectivity index (χ2v) is 5.18. The highest BCUT2D eigenvalue weighted by molar-refractivity contribution is 5.81. The van der Waals surface area contributed by atoms with E-state index >= 15 is 0 Å². The minimum Gasteiger partial charge on any atom is -0.316 e. The average molecular weight is 245 g/mol. The summed E-state index contributed by atoms with van der Waals surface area (Å²) in [6.45, 7) is 4.12. The van der Waals surface area contributed by atoms with Crippen LogP contribution in [0, 0.1) is 5.92 Å². The van der Waals surface area contributed by atoms with Crippen molar-refractivity contribution in [2.45, 2.75) is 39.0 Å². The van der Waals surface area contributed by atoms with Crippen molar-refractivity contribution in [2.24, 2.45) is 5.92 Å². The normalized spacial score (nSPS) is 19.7. The summed E-state index contributed by atoms with van der Waals surface area (Å²) < 4.78 is 0. The Morgan fingerprint density at radius 1 is 1.28 bits per heavy atom. The van der Waals surface area contributed by atoms with Gasteiger partial charge in [-0.3, -0.25) is 4.79 Å². The van der Waals surface area contributed by atoms with E-state index in [2.05, 4.69) is 36.5 Å². The maximum atomic E-state index is 12.1. The first-order chi connectivity index (χ1) is 8.79. The van der Waals surface area contributed by atoms with E-state index in [4.69, 9.17) is 0 Å². The average Bonchev–Trinajstić information content (AvgIpc) is 2.46. The number of Topliss-reactive ketones (excluding diaryl/α,β-unsaturated/α-hetero) is 1. The van der Waals surface area contributed by atoms with Gasteiger partial charge in [-0.25, -0.2) is 0 Å². The highest BCUT2D eigenvalue weighted by Gasteiger charge is 2.20. The summed E-state index contributed by atoms with van der Waals surface area (Å²) in [6.07, 6.45) is 4.87. The molecule has 1 saturated heterocycles. The van der Waals surface area contributed by atoms with E-state index in [-0.39, 0.29) is 5.92 Å². The third kappa shape index (κ3) is 3.67. The van der Waals surface area contributed by atoms with Crippen molar-refractivity contribution in [1.82, 2.24) is 5.32 Å². The molecule has 1 aromatic rings. The summed E-state index contributed by atoms with van der Waals surface area (Å²) in [6, 6.07) is 8.65.